The van der Waals surface area contributed by atoms with Crippen LogP contribution in [-0.2, 0) is 4.74 Å². The molecule has 0 aliphatic carbocycles. The molecular formula is C15H13BrO2. The van der Waals surface area contributed by atoms with Crippen LogP contribution in [0.2, 0.25) is 0 Å². The van der Waals surface area contributed by atoms with Crippen molar-refractivity contribution < 1.29 is 9.53 Å². The number of ether oxygens (including phenoxy) is 1. The maximum absolute atomic E-state index is 12.0. The summed E-state index contributed by atoms with van der Waals surface area (Å²) < 4.78 is 6.18. The summed E-state index contributed by atoms with van der Waals surface area (Å²) >= 11 is 3.34. The van der Waals surface area contributed by atoms with Crippen molar-refractivity contribution in [2.75, 3.05) is 0 Å². The Morgan fingerprint density at radius 3 is 2.33 bits per heavy atom. The topological polar surface area (TPSA) is 26.3 Å². The number of carbonyl (C=O) groups is 1. The first kappa shape index (κ1) is 12.8. The Bertz CT molecular complexity index is 537. The third kappa shape index (κ3) is 2.99. The summed E-state index contributed by atoms with van der Waals surface area (Å²) in [5.41, 5.74) is 1.53. The highest BCUT2D eigenvalue weighted by Gasteiger charge is 2.15. The summed E-state index contributed by atoms with van der Waals surface area (Å²) in [5, 5.41) is 0. The van der Waals surface area contributed by atoms with Crippen molar-refractivity contribution in [3.8, 4) is 0 Å². The standard InChI is InChI=1S/C15H13BrO2/c1-11(12-7-3-2-4-8-12)18-15(17)13-9-5-6-10-14(13)16/h2-11H,1H3. The fourth-order valence-corrected chi connectivity index (χ4v) is 2.09. The van der Waals surface area contributed by atoms with Gasteiger partial charge in [0.15, 0.2) is 0 Å². The molecule has 18 heavy (non-hydrogen) atoms. The van der Waals surface area contributed by atoms with Crippen molar-refractivity contribution in [2.45, 2.75) is 13.0 Å². The van der Waals surface area contributed by atoms with Gasteiger partial charge in [-0.3, -0.25) is 0 Å². The maximum atomic E-state index is 12.0. The van der Waals surface area contributed by atoms with E-state index < -0.39 is 0 Å². The summed E-state index contributed by atoms with van der Waals surface area (Å²) in [6.07, 6.45) is -0.259. The Hall–Kier alpha value is -1.61. The molecule has 0 aliphatic rings. The number of carbonyl (C=O) groups excluding carboxylic acids is 1. The smallest absolute Gasteiger partial charge is 0.339 e. The van der Waals surface area contributed by atoms with Gasteiger partial charge in [-0.05, 0) is 40.5 Å². The molecule has 2 aromatic rings. The lowest BCUT2D eigenvalue weighted by Crippen LogP contribution is -2.09. The minimum Gasteiger partial charge on any atom is -0.454 e. The van der Waals surface area contributed by atoms with Gasteiger partial charge in [-0.2, -0.15) is 0 Å². The Labute approximate surface area is 115 Å². The van der Waals surface area contributed by atoms with Gasteiger partial charge < -0.3 is 4.74 Å². The molecule has 1 atom stereocenters. The van der Waals surface area contributed by atoms with E-state index in [1.807, 2.05) is 55.5 Å². The highest BCUT2D eigenvalue weighted by Crippen LogP contribution is 2.21. The zero-order valence-corrected chi connectivity index (χ0v) is 11.6. The summed E-state index contributed by atoms with van der Waals surface area (Å²) in [6.45, 7) is 1.87. The van der Waals surface area contributed by atoms with Crippen LogP contribution in [0.4, 0.5) is 0 Å². The highest BCUT2D eigenvalue weighted by atomic mass is 79.9. The van der Waals surface area contributed by atoms with Crippen LogP contribution in [0.15, 0.2) is 59.1 Å². The van der Waals surface area contributed by atoms with Crippen LogP contribution in [0.5, 0.6) is 0 Å². The van der Waals surface area contributed by atoms with E-state index in [1.54, 1.807) is 6.07 Å². The lowest BCUT2D eigenvalue weighted by molar-refractivity contribution is 0.0337. The summed E-state index contributed by atoms with van der Waals surface area (Å²) in [5.74, 6) is -0.321. The SMILES string of the molecule is CC(OC(=O)c1ccccc1Br)c1ccccc1. The minimum atomic E-state index is -0.321. The van der Waals surface area contributed by atoms with Crippen LogP contribution in [0.25, 0.3) is 0 Å². The van der Waals surface area contributed by atoms with Crippen molar-refractivity contribution in [3.05, 3.63) is 70.2 Å². The van der Waals surface area contributed by atoms with Crippen LogP contribution < -0.4 is 0 Å². The second-order valence-electron chi connectivity index (χ2n) is 3.94. The summed E-state index contributed by atoms with van der Waals surface area (Å²) in [7, 11) is 0. The average Bonchev–Trinajstić information content (AvgIpc) is 2.40. The molecule has 1 unspecified atom stereocenters. The van der Waals surface area contributed by atoms with E-state index in [9.17, 15) is 4.79 Å². The number of halogens is 1. The molecule has 3 heteroatoms. The van der Waals surface area contributed by atoms with Gasteiger partial charge in [0.05, 0.1) is 5.56 Å². The van der Waals surface area contributed by atoms with Gasteiger partial charge in [-0.1, -0.05) is 42.5 Å². The van der Waals surface area contributed by atoms with Gasteiger partial charge in [-0.15, -0.1) is 0 Å². The predicted octanol–water partition coefficient (Wildman–Crippen LogP) is 4.37. The van der Waals surface area contributed by atoms with Crippen LogP contribution in [0.3, 0.4) is 0 Å². The van der Waals surface area contributed by atoms with Crippen molar-refractivity contribution in [2.24, 2.45) is 0 Å². The third-order valence-corrected chi connectivity index (χ3v) is 3.34. The lowest BCUT2D eigenvalue weighted by Gasteiger charge is -2.14. The van der Waals surface area contributed by atoms with Crippen molar-refractivity contribution in [1.29, 1.82) is 0 Å². The van der Waals surface area contributed by atoms with Crippen molar-refractivity contribution >= 4 is 21.9 Å². The second kappa shape index (κ2) is 5.83. The summed E-state index contributed by atoms with van der Waals surface area (Å²) in [6, 6.07) is 16.9. The second-order valence-corrected chi connectivity index (χ2v) is 4.79. The maximum Gasteiger partial charge on any atom is 0.339 e. The van der Waals surface area contributed by atoms with Gasteiger partial charge in [0.1, 0.15) is 6.10 Å². The fourth-order valence-electron chi connectivity index (χ4n) is 1.64. The summed E-state index contributed by atoms with van der Waals surface area (Å²) in [4.78, 5) is 12.0. The third-order valence-electron chi connectivity index (χ3n) is 2.65. The number of hydrogen-bond acceptors (Lipinski definition) is 2. The first-order valence-electron chi connectivity index (χ1n) is 5.69. The van der Waals surface area contributed by atoms with E-state index in [0.29, 0.717) is 5.56 Å². The minimum absolute atomic E-state index is 0.259. The van der Waals surface area contributed by atoms with Crippen molar-refractivity contribution in [1.82, 2.24) is 0 Å². The number of benzene rings is 2. The quantitative estimate of drug-likeness (QED) is 0.787. The molecule has 0 amide bonds. The average molecular weight is 305 g/mol. The van der Waals surface area contributed by atoms with E-state index in [2.05, 4.69) is 15.9 Å². The van der Waals surface area contributed by atoms with Gasteiger partial charge >= 0.3 is 5.97 Å². The van der Waals surface area contributed by atoms with E-state index in [0.717, 1.165) is 10.0 Å². The van der Waals surface area contributed by atoms with Crippen LogP contribution in [0.1, 0.15) is 28.9 Å². The molecule has 0 N–H and O–H groups in total. The van der Waals surface area contributed by atoms with Gasteiger partial charge in [-0.25, -0.2) is 4.79 Å². The molecule has 0 saturated heterocycles. The molecule has 0 heterocycles. The zero-order valence-electron chi connectivity index (χ0n) is 9.97. The Balaban J connectivity index is 2.11. The largest absolute Gasteiger partial charge is 0.454 e. The van der Waals surface area contributed by atoms with Crippen molar-refractivity contribution in [3.63, 3.8) is 0 Å². The molecule has 2 nitrogen and oxygen atoms in total. The number of rotatable bonds is 3. The van der Waals surface area contributed by atoms with Crippen LogP contribution >= 0.6 is 15.9 Å². The molecule has 92 valence electrons. The van der Waals surface area contributed by atoms with Crippen LogP contribution in [0, 0.1) is 0 Å². The number of hydrogen-bond donors (Lipinski definition) is 0. The Morgan fingerprint density at radius 2 is 1.67 bits per heavy atom. The molecular weight excluding hydrogens is 292 g/mol. The Kier molecular flexibility index (Phi) is 4.15. The molecule has 0 aliphatic heterocycles. The molecule has 0 bridgehead atoms. The van der Waals surface area contributed by atoms with E-state index in [4.69, 9.17) is 4.74 Å². The zero-order chi connectivity index (χ0) is 13.0. The van der Waals surface area contributed by atoms with Gasteiger partial charge in [0, 0.05) is 4.47 Å². The molecule has 0 saturated carbocycles. The van der Waals surface area contributed by atoms with Gasteiger partial charge in [0.25, 0.3) is 0 Å². The van der Waals surface area contributed by atoms with Crippen LogP contribution in [-0.4, -0.2) is 5.97 Å². The molecule has 0 fully saturated rings. The highest BCUT2D eigenvalue weighted by molar-refractivity contribution is 9.10. The molecule has 2 rings (SSSR count). The monoisotopic (exact) mass is 304 g/mol. The number of esters is 1. The fraction of sp³-hybridized carbons (Fsp3) is 0.133. The van der Waals surface area contributed by atoms with E-state index in [-0.39, 0.29) is 12.1 Å². The normalized spacial score (nSPS) is 11.9. The predicted molar refractivity (Wildman–Crippen MR) is 74.4 cm³/mol. The molecule has 0 spiro atoms. The Morgan fingerprint density at radius 1 is 1.06 bits per heavy atom. The van der Waals surface area contributed by atoms with E-state index in [1.165, 1.54) is 0 Å². The molecule has 0 aromatic heterocycles. The first-order valence-corrected chi connectivity index (χ1v) is 6.48. The lowest BCUT2D eigenvalue weighted by atomic mass is 10.1. The van der Waals surface area contributed by atoms with E-state index >= 15 is 0 Å². The molecule has 0 radical (unpaired) electrons. The first-order chi connectivity index (χ1) is 8.68. The molecule has 2 aromatic carbocycles. The van der Waals surface area contributed by atoms with Gasteiger partial charge in [0.2, 0.25) is 0 Å².